The van der Waals surface area contributed by atoms with Gasteiger partial charge in [0.15, 0.2) is 0 Å². The van der Waals surface area contributed by atoms with Crippen LogP contribution in [-0.4, -0.2) is 36.6 Å². The number of rotatable bonds is 6. The first-order valence-corrected chi connectivity index (χ1v) is 13.8. The summed E-state index contributed by atoms with van der Waals surface area (Å²) in [6.07, 6.45) is 6.56. The third-order valence-corrected chi connectivity index (χ3v) is 6.37. The van der Waals surface area contributed by atoms with Crippen molar-refractivity contribution >= 4 is 45.6 Å². The van der Waals surface area contributed by atoms with E-state index in [-0.39, 0.29) is 45.6 Å². The minimum atomic E-state index is -0.169. The second kappa shape index (κ2) is 22.5. The van der Waals surface area contributed by atoms with Crippen LogP contribution in [0.3, 0.4) is 0 Å². The monoisotopic (exact) mass is 764 g/mol. The smallest absolute Gasteiger partial charge is 0.870 e. The van der Waals surface area contributed by atoms with Crippen LogP contribution in [0.5, 0.6) is 23.0 Å². The largest absolute Gasteiger partial charge is 2.00 e. The maximum absolute atomic E-state index is 12.1. The molecule has 0 atom stereocenters. The van der Waals surface area contributed by atoms with E-state index in [9.17, 15) is 10.2 Å². The molecule has 6 aromatic rings. The molecule has 2 radical (unpaired) electrons. The molecule has 0 spiro atoms. The summed E-state index contributed by atoms with van der Waals surface area (Å²) in [5.41, 5.74) is 31.1. The van der Waals surface area contributed by atoms with Gasteiger partial charge in [-0.1, -0.05) is 72.2 Å². The Hall–Kier alpha value is -6.10. The summed E-state index contributed by atoms with van der Waals surface area (Å²) in [4.78, 5) is 20.5. The summed E-state index contributed by atoms with van der Waals surface area (Å²) < 4.78 is 10.0. The van der Waals surface area contributed by atoms with Gasteiger partial charge in [0.25, 0.3) is 0 Å². The number of aliphatic imine (C=N–C) groups is 2. The Morgan fingerprint density at radius 3 is 1.26 bits per heavy atom. The van der Waals surface area contributed by atoms with Crippen molar-refractivity contribution < 1.29 is 53.8 Å². The number of aromatic nitrogens is 2. The molecule has 14 nitrogen and oxygen atoms in total. The molecule has 0 aliphatic heterocycles. The van der Waals surface area contributed by atoms with E-state index in [1.807, 2.05) is 60.7 Å². The minimum absolute atomic E-state index is 0. The summed E-state index contributed by atoms with van der Waals surface area (Å²) in [5, 5.41) is 26.1. The van der Waals surface area contributed by atoms with E-state index in [1.165, 1.54) is 24.0 Å². The summed E-state index contributed by atoms with van der Waals surface area (Å²) in [6, 6.07) is 29.5. The zero-order valence-corrected chi connectivity index (χ0v) is 28.1. The van der Waals surface area contributed by atoms with Crippen LogP contribution >= 0.6 is 0 Å². The fourth-order valence-corrected chi connectivity index (χ4v) is 4.25. The SMILES string of the molecule is COc1cccc(C=Nc2cccc3cccnc23)c1[O-].COc1cccc(C=Nc2cccc3cccnc23)c1[O-].[Cu+2].[Cu+2].[N-]=[N+]=[N-].[N-]=[N+]=[N-]. The van der Waals surface area contributed by atoms with Crippen molar-refractivity contribution in [3.05, 3.63) is 153 Å². The van der Waals surface area contributed by atoms with Crippen LogP contribution < -0.4 is 19.7 Å². The molecule has 6 rings (SSSR count). The molecule has 258 valence electrons. The van der Waals surface area contributed by atoms with Crippen molar-refractivity contribution in [2.75, 3.05) is 14.2 Å². The fourth-order valence-electron chi connectivity index (χ4n) is 4.25. The third-order valence-electron chi connectivity index (χ3n) is 6.37. The van der Waals surface area contributed by atoms with E-state index < -0.39 is 0 Å². The number of fused-ring (bicyclic) bond motifs is 2. The molecular weight excluding hydrogens is 740 g/mol. The van der Waals surface area contributed by atoms with E-state index in [0.717, 1.165) is 33.2 Å². The first-order chi connectivity index (χ1) is 23.4. The van der Waals surface area contributed by atoms with Crippen molar-refractivity contribution in [1.82, 2.24) is 9.97 Å². The fraction of sp³-hybridized carbons (Fsp3) is 0.0588. The number of hydrogen-bond donors (Lipinski definition) is 0. The van der Waals surface area contributed by atoms with Crippen LogP contribution in [0, 0.1) is 0 Å². The van der Waals surface area contributed by atoms with Crippen molar-refractivity contribution in [1.29, 1.82) is 0 Å². The topological polar surface area (TPSA) is 232 Å². The van der Waals surface area contributed by atoms with E-state index >= 15 is 0 Å². The number of para-hydroxylation sites is 4. The average molecular weight is 766 g/mol. The zero-order chi connectivity index (χ0) is 34.7. The van der Waals surface area contributed by atoms with E-state index in [2.05, 4.69) is 20.0 Å². The van der Waals surface area contributed by atoms with Gasteiger partial charge in [-0.25, -0.2) is 0 Å². The predicted octanol–water partition coefficient (Wildman–Crippen LogP) is 7.86. The van der Waals surface area contributed by atoms with Crippen LogP contribution in [0.25, 0.3) is 53.8 Å². The molecule has 0 unspecified atom stereocenters. The van der Waals surface area contributed by atoms with Gasteiger partial charge in [-0.15, -0.1) is 0 Å². The molecule has 0 aliphatic rings. The Labute approximate surface area is 308 Å². The summed E-state index contributed by atoms with van der Waals surface area (Å²) in [6.45, 7) is 0. The Morgan fingerprint density at radius 1 is 0.560 bits per heavy atom. The number of ether oxygens (including phenoxy) is 2. The molecule has 4 aromatic carbocycles. The Balaban J connectivity index is 0.000000418. The second-order valence-electron chi connectivity index (χ2n) is 9.16. The number of benzene rings is 4. The summed E-state index contributed by atoms with van der Waals surface area (Å²) in [7, 11) is 2.96. The molecule has 2 aromatic heterocycles. The number of hydrogen-bond acceptors (Lipinski definition) is 8. The quantitative estimate of drug-likeness (QED) is 0.0538. The van der Waals surface area contributed by atoms with Gasteiger partial charge in [0.05, 0.1) is 36.6 Å². The van der Waals surface area contributed by atoms with Gasteiger partial charge in [-0.2, -0.15) is 0 Å². The first-order valence-electron chi connectivity index (χ1n) is 13.8. The van der Waals surface area contributed by atoms with Crippen LogP contribution in [0.15, 0.2) is 119 Å². The molecule has 0 N–H and O–H groups in total. The Morgan fingerprint density at radius 2 is 0.900 bits per heavy atom. The number of pyridine rings is 2. The van der Waals surface area contributed by atoms with Gasteiger partial charge in [0, 0.05) is 35.6 Å². The van der Waals surface area contributed by atoms with Gasteiger partial charge in [-0.3, -0.25) is 29.8 Å². The van der Waals surface area contributed by atoms with Crippen molar-refractivity contribution in [2.45, 2.75) is 0 Å². The summed E-state index contributed by atoms with van der Waals surface area (Å²) in [5.74, 6) is 0.291. The first kappa shape index (κ1) is 41.9. The standard InChI is InChI=1S/2C17H14N2O2.2Cu.2N3/c2*1-21-15-9-3-6-13(17(15)20)11-19-14-8-2-5-12-7-4-10-18-16(12)14;;;2*1-3-2/h2*2-11,20H,1H3;;;;/q;;2*+2;2*-1/p-2. The molecule has 0 aliphatic carbocycles. The molecule has 2 heterocycles. The van der Waals surface area contributed by atoms with Gasteiger partial charge >= 0.3 is 34.1 Å². The van der Waals surface area contributed by atoms with Crippen LogP contribution in [0.4, 0.5) is 11.4 Å². The molecule has 0 bridgehead atoms. The van der Waals surface area contributed by atoms with Crippen LogP contribution in [0.1, 0.15) is 11.1 Å². The number of nitrogens with zero attached hydrogens (tertiary/aromatic N) is 10. The predicted molar refractivity (Wildman–Crippen MR) is 183 cm³/mol. The van der Waals surface area contributed by atoms with Gasteiger partial charge in [0.1, 0.15) is 11.5 Å². The summed E-state index contributed by atoms with van der Waals surface area (Å²) >= 11 is 0. The van der Waals surface area contributed by atoms with E-state index in [1.54, 1.807) is 61.2 Å². The van der Waals surface area contributed by atoms with Gasteiger partial charge in [0.2, 0.25) is 0 Å². The van der Waals surface area contributed by atoms with E-state index in [4.69, 9.17) is 31.6 Å². The minimum Gasteiger partial charge on any atom is -0.870 e. The van der Waals surface area contributed by atoms with Crippen molar-refractivity contribution in [2.24, 2.45) is 9.98 Å². The van der Waals surface area contributed by atoms with Crippen molar-refractivity contribution in [3.8, 4) is 23.0 Å². The zero-order valence-electron chi connectivity index (χ0n) is 26.3. The van der Waals surface area contributed by atoms with Crippen molar-refractivity contribution in [3.63, 3.8) is 0 Å². The maximum atomic E-state index is 12.1. The molecule has 50 heavy (non-hydrogen) atoms. The third kappa shape index (κ3) is 11.5. The van der Waals surface area contributed by atoms with Gasteiger partial charge < -0.3 is 41.8 Å². The Kier molecular flexibility index (Phi) is 18.8. The molecule has 0 fully saturated rings. The molecule has 0 saturated carbocycles. The maximum Gasteiger partial charge on any atom is 2.00 e. The normalized spacial score (nSPS) is 9.64. The van der Waals surface area contributed by atoms with E-state index in [0.29, 0.717) is 22.6 Å². The van der Waals surface area contributed by atoms with Gasteiger partial charge in [-0.05, 0) is 47.5 Å². The Bertz CT molecular complexity index is 1960. The molecule has 16 heteroatoms. The van der Waals surface area contributed by atoms with Crippen LogP contribution in [-0.2, 0) is 34.1 Å². The number of methoxy groups -OCH3 is 2. The molecule has 0 saturated heterocycles. The molecular formula is C34H26Cu2N10O4. The second-order valence-corrected chi connectivity index (χ2v) is 9.16. The van der Waals surface area contributed by atoms with Crippen LogP contribution in [0.2, 0.25) is 0 Å². The molecule has 0 amide bonds. The average Bonchev–Trinajstić information content (AvgIpc) is 3.12.